The Hall–Kier alpha value is -1.15. The average Bonchev–Trinajstić information content (AvgIpc) is 2.32. The van der Waals surface area contributed by atoms with E-state index in [1.165, 1.54) is 7.05 Å². The first-order valence-corrected chi connectivity index (χ1v) is 4.06. The summed E-state index contributed by atoms with van der Waals surface area (Å²) in [5.41, 5.74) is 1.92. The van der Waals surface area contributed by atoms with E-state index >= 15 is 0 Å². The Morgan fingerprint density at radius 3 is 2.53 bits per heavy atom. The minimum absolute atomic E-state index is 0.187. The van der Waals surface area contributed by atoms with E-state index in [1.807, 2.05) is 5.48 Å². The highest BCUT2D eigenvalue weighted by Crippen LogP contribution is 2.15. The maximum Gasteiger partial charge on any atom is 0.413 e. The molecule has 0 aromatic rings. The summed E-state index contributed by atoms with van der Waals surface area (Å²) in [6, 6.07) is -1.02. The molecule has 1 aliphatic rings. The number of likely N-dealkylation sites (tertiary alicyclic amines) is 1. The summed E-state index contributed by atoms with van der Waals surface area (Å²) >= 11 is 0. The lowest BCUT2D eigenvalue weighted by atomic mass is 10.3. The van der Waals surface area contributed by atoms with Gasteiger partial charge in [0.1, 0.15) is 6.04 Å². The highest BCUT2D eigenvalue weighted by Gasteiger charge is 2.37. The molecule has 86 valence electrons. The summed E-state index contributed by atoms with van der Waals surface area (Å²) in [6.45, 7) is -1.51. The Kier molecular flexibility index (Phi) is 3.30. The number of likely N-dealkylation sites (N-methyl/N-ethyl adjacent to an activating group) is 1. The lowest BCUT2D eigenvalue weighted by Gasteiger charge is -2.12. The number of carbonyl (C=O) groups is 2. The number of rotatable bonds is 3. The van der Waals surface area contributed by atoms with Gasteiger partial charge in [0.05, 0.1) is 6.42 Å². The second-order valence-electron chi connectivity index (χ2n) is 3.07. The number of alkyl halides is 3. The van der Waals surface area contributed by atoms with Crippen LogP contribution in [0.5, 0.6) is 0 Å². The van der Waals surface area contributed by atoms with Gasteiger partial charge < -0.3 is 0 Å². The second kappa shape index (κ2) is 4.15. The van der Waals surface area contributed by atoms with E-state index in [4.69, 9.17) is 0 Å². The average molecular weight is 226 g/mol. The third kappa shape index (κ3) is 3.17. The molecule has 2 amide bonds. The lowest BCUT2D eigenvalue weighted by molar-refractivity contribution is -0.193. The van der Waals surface area contributed by atoms with Gasteiger partial charge >= 0.3 is 6.18 Å². The zero-order chi connectivity index (χ0) is 11.6. The van der Waals surface area contributed by atoms with Crippen LogP contribution in [0.4, 0.5) is 13.2 Å². The molecule has 8 heteroatoms. The molecule has 0 radical (unpaired) electrons. The standard InChI is InChI=1S/C7H9F3N2O3/c1-12-5(13)2-4(6(12)14)11-15-3-7(8,9)10/h4,11H,2-3H2,1H3. The summed E-state index contributed by atoms with van der Waals surface area (Å²) in [5.74, 6) is -1.05. The van der Waals surface area contributed by atoms with E-state index in [-0.39, 0.29) is 6.42 Å². The van der Waals surface area contributed by atoms with Crippen LogP contribution in [0.3, 0.4) is 0 Å². The zero-order valence-corrected chi connectivity index (χ0v) is 7.80. The summed E-state index contributed by atoms with van der Waals surface area (Å²) < 4.78 is 35.0. The van der Waals surface area contributed by atoms with Gasteiger partial charge in [-0.15, -0.1) is 0 Å². The molecule has 1 aliphatic heterocycles. The molecule has 0 saturated carbocycles. The fraction of sp³-hybridized carbons (Fsp3) is 0.714. The maximum atomic E-state index is 11.7. The first kappa shape index (κ1) is 11.9. The van der Waals surface area contributed by atoms with E-state index < -0.39 is 30.6 Å². The van der Waals surface area contributed by atoms with Gasteiger partial charge in [0.15, 0.2) is 6.61 Å². The van der Waals surface area contributed by atoms with E-state index in [1.54, 1.807) is 0 Å². The van der Waals surface area contributed by atoms with E-state index in [2.05, 4.69) is 4.84 Å². The topological polar surface area (TPSA) is 58.6 Å². The van der Waals surface area contributed by atoms with Crippen LogP contribution in [0.25, 0.3) is 0 Å². The van der Waals surface area contributed by atoms with Gasteiger partial charge in [0.2, 0.25) is 11.8 Å². The molecule has 1 heterocycles. The van der Waals surface area contributed by atoms with Crippen LogP contribution in [0.2, 0.25) is 0 Å². The zero-order valence-electron chi connectivity index (χ0n) is 7.80. The van der Waals surface area contributed by atoms with Crippen LogP contribution in [-0.2, 0) is 14.4 Å². The SMILES string of the molecule is CN1C(=O)CC(NOCC(F)(F)F)C1=O. The highest BCUT2D eigenvalue weighted by atomic mass is 19.4. The number of hydrogen-bond donors (Lipinski definition) is 1. The predicted molar refractivity (Wildman–Crippen MR) is 41.3 cm³/mol. The highest BCUT2D eigenvalue weighted by molar-refractivity contribution is 6.05. The number of hydrogen-bond acceptors (Lipinski definition) is 4. The fourth-order valence-electron chi connectivity index (χ4n) is 1.07. The summed E-state index contributed by atoms with van der Waals surface area (Å²) in [7, 11) is 1.26. The number of amides is 2. The molecule has 1 atom stereocenters. The van der Waals surface area contributed by atoms with Crippen molar-refractivity contribution < 1.29 is 27.6 Å². The van der Waals surface area contributed by atoms with Crippen molar-refractivity contribution >= 4 is 11.8 Å². The van der Waals surface area contributed by atoms with Crippen molar-refractivity contribution in [1.82, 2.24) is 10.4 Å². The molecule has 0 aliphatic carbocycles. The van der Waals surface area contributed by atoms with Gasteiger partial charge in [-0.05, 0) is 0 Å². The fourth-order valence-corrected chi connectivity index (χ4v) is 1.07. The molecule has 0 aromatic heterocycles. The van der Waals surface area contributed by atoms with Crippen molar-refractivity contribution in [3.63, 3.8) is 0 Å². The molecule has 1 fully saturated rings. The molecule has 5 nitrogen and oxygen atoms in total. The first-order chi connectivity index (χ1) is 6.81. The van der Waals surface area contributed by atoms with Crippen LogP contribution >= 0.6 is 0 Å². The number of hydroxylamine groups is 1. The quantitative estimate of drug-likeness (QED) is 0.536. The van der Waals surface area contributed by atoms with Crippen molar-refractivity contribution in [2.75, 3.05) is 13.7 Å². The molecule has 1 unspecified atom stereocenters. The van der Waals surface area contributed by atoms with Crippen LogP contribution < -0.4 is 5.48 Å². The molecule has 0 aromatic carbocycles. The number of imide groups is 1. The van der Waals surface area contributed by atoms with Crippen molar-refractivity contribution in [2.45, 2.75) is 18.6 Å². The second-order valence-corrected chi connectivity index (χ2v) is 3.07. The largest absolute Gasteiger partial charge is 0.413 e. The Bertz CT molecular complexity index is 279. The Morgan fingerprint density at radius 2 is 2.13 bits per heavy atom. The van der Waals surface area contributed by atoms with Crippen LogP contribution in [0.1, 0.15) is 6.42 Å². The summed E-state index contributed by atoms with van der Waals surface area (Å²) in [4.78, 5) is 27.0. The number of carbonyl (C=O) groups excluding carboxylic acids is 2. The third-order valence-corrected chi connectivity index (χ3v) is 1.84. The van der Waals surface area contributed by atoms with Crippen LogP contribution in [0.15, 0.2) is 0 Å². The first-order valence-electron chi connectivity index (χ1n) is 4.06. The monoisotopic (exact) mass is 226 g/mol. The van der Waals surface area contributed by atoms with Crippen molar-refractivity contribution in [2.24, 2.45) is 0 Å². The molecular formula is C7H9F3N2O3. The molecule has 1 saturated heterocycles. The lowest BCUT2D eigenvalue weighted by Crippen LogP contribution is -2.38. The Morgan fingerprint density at radius 1 is 1.53 bits per heavy atom. The van der Waals surface area contributed by atoms with Gasteiger partial charge in [-0.1, -0.05) is 0 Å². The minimum Gasteiger partial charge on any atom is -0.291 e. The Labute approximate surface area is 83.1 Å². The van der Waals surface area contributed by atoms with Crippen molar-refractivity contribution in [1.29, 1.82) is 0 Å². The molecule has 1 rings (SSSR count). The van der Waals surface area contributed by atoms with Crippen LogP contribution in [-0.4, -0.2) is 42.6 Å². The van der Waals surface area contributed by atoms with Gasteiger partial charge in [0, 0.05) is 7.05 Å². The molecule has 0 bridgehead atoms. The predicted octanol–water partition coefficient (Wildman–Crippen LogP) is -0.173. The van der Waals surface area contributed by atoms with Gasteiger partial charge in [-0.2, -0.15) is 18.7 Å². The molecular weight excluding hydrogens is 217 g/mol. The van der Waals surface area contributed by atoms with Gasteiger partial charge in [-0.3, -0.25) is 19.3 Å². The Balaban J connectivity index is 2.35. The molecule has 0 spiro atoms. The summed E-state index contributed by atoms with van der Waals surface area (Å²) in [6.07, 6.45) is -4.66. The molecule has 1 N–H and O–H groups in total. The van der Waals surface area contributed by atoms with Crippen molar-refractivity contribution in [3.8, 4) is 0 Å². The van der Waals surface area contributed by atoms with E-state index in [0.717, 1.165) is 4.90 Å². The molecule has 15 heavy (non-hydrogen) atoms. The van der Waals surface area contributed by atoms with Gasteiger partial charge in [0.25, 0.3) is 0 Å². The smallest absolute Gasteiger partial charge is 0.291 e. The van der Waals surface area contributed by atoms with Crippen molar-refractivity contribution in [3.05, 3.63) is 0 Å². The maximum absolute atomic E-state index is 11.7. The third-order valence-electron chi connectivity index (χ3n) is 1.84. The number of nitrogens with one attached hydrogen (secondary N) is 1. The van der Waals surface area contributed by atoms with E-state index in [0.29, 0.717) is 0 Å². The number of nitrogens with zero attached hydrogens (tertiary/aromatic N) is 1. The summed E-state index contributed by atoms with van der Waals surface area (Å²) in [5, 5.41) is 0. The minimum atomic E-state index is -4.47. The number of halogens is 3. The van der Waals surface area contributed by atoms with Gasteiger partial charge in [-0.25, -0.2) is 0 Å². The normalized spacial score (nSPS) is 22.7. The van der Waals surface area contributed by atoms with Crippen LogP contribution in [0, 0.1) is 0 Å². The van der Waals surface area contributed by atoms with E-state index in [9.17, 15) is 22.8 Å².